The van der Waals surface area contributed by atoms with Crippen LogP contribution in [0.4, 0.5) is 0 Å². The van der Waals surface area contributed by atoms with Crippen LogP contribution < -0.4 is 10.2 Å². The van der Waals surface area contributed by atoms with Crippen molar-refractivity contribution in [3.8, 4) is 0 Å². The maximum atomic E-state index is 13.4. The molecule has 3 rings (SSSR count). The highest BCUT2D eigenvalue weighted by Crippen LogP contribution is 2.55. The molecule has 0 spiro atoms. The molecule has 0 aromatic heterocycles. The van der Waals surface area contributed by atoms with Crippen molar-refractivity contribution in [1.82, 2.24) is 10.2 Å². The second kappa shape index (κ2) is 6.48. The molecule has 0 radical (unpaired) electrons. The largest absolute Gasteiger partial charge is 0.359 e. The minimum absolute atomic E-state index is 0.0913. The van der Waals surface area contributed by atoms with Crippen LogP contribution in [0.15, 0.2) is 0 Å². The lowest BCUT2D eigenvalue weighted by molar-refractivity contribution is 0.370. The lowest BCUT2D eigenvalue weighted by Gasteiger charge is -2.32. The van der Waals surface area contributed by atoms with Gasteiger partial charge < -0.3 is 4.74 Å². The first-order valence-electron chi connectivity index (χ1n) is 8.48. The molecule has 4 nitrogen and oxygen atoms in total. The van der Waals surface area contributed by atoms with Crippen LogP contribution in [-0.2, 0) is 9.30 Å². The molecular weight excluding hydrogens is 271 g/mol. The highest BCUT2D eigenvalue weighted by atomic mass is 31.2. The average Bonchev–Trinajstić information content (AvgIpc) is 3.19. The van der Waals surface area contributed by atoms with Crippen LogP contribution in [0.5, 0.6) is 0 Å². The normalized spacial score (nSPS) is 33.2. The molecule has 2 saturated carbocycles. The first kappa shape index (κ1) is 15.0. The molecule has 0 amide bonds. The molecule has 20 heavy (non-hydrogen) atoms. The van der Waals surface area contributed by atoms with Gasteiger partial charge in [-0.3, -0.25) is 4.57 Å². The van der Waals surface area contributed by atoms with Crippen molar-refractivity contribution in [3.63, 3.8) is 0 Å². The van der Waals surface area contributed by atoms with E-state index < -0.39 is 7.44 Å². The predicted molar refractivity (Wildman–Crippen MR) is 82.0 cm³/mol. The first-order chi connectivity index (χ1) is 9.67. The summed E-state index contributed by atoms with van der Waals surface area (Å²) in [5, 5.41) is 6.98. The maximum Gasteiger partial charge on any atom is 0.242 e. The van der Waals surface area contributed by atoms with Gasteiger partial charge in [-0.2, -0.15) is 0 Å². The summed E-state index contributed by atoms with van der Waals surface area (Å²) >= 11 is 0. The molecule has 3 fully saturated rings. The smallest absolute Gasteiger partial charge is 0.242 e. The van der Waals surface area contributed by atoms with E-state index in [1.54, 1.807) is 0 Å². The van der Waals surface area contributed by atoms with Crippen molar-refractivity contribution >= 4 is 7.44 Å². The molecule has 2 atom stereocenters. The topological polar surface area (TPSA) is 53.7 Å². The predicted octanol–water partition coefficient (Wildman–Crippen LogP) is 3.77. The van der Waals surface area contributed by atoms with Gasteiger partial charge in [-0.1, -0.05) is 38.5 Å². The lowest BCUT2D eigenvalue weighted by Crippen LogP contribution is -2.40. The zero-order chi connectivity index (χ0) is 14.0. The first-order valence-corrected chi connectivity index (χ1v) is 10.3. The van der Waals surface area contributed by atoms with Gasteiger partial charge in [-0.25, -0.2) is 10.2 Å². The molecule has 2 N–H and O–H groups in total. The van der Waals surface area contributed by atoms with Gasteiger partial charge in [0.1, 0.15) is 0 Å². The Balaban J connectivity index is 1.62. The van der Waals surface area contributed by atoms with Crippen molar-refractivity contribution in [2.45, 2.75) is 95.2 Å². The zero-order valence-corrected chi connectivity index (χ0v) is 13.5. The third-order valence-corrected chi connectivity index (χ3v) is 7.75. The summed E-state index contributed by atoms with van der Waals surface area (Å²) in [7, 11) is -2.60. The third kappa shape index (κ3) is 3.65. The summed E-state index contributed by atoms with van der Waals surface area (Å²) < 4.78 is 19.0. The number of hydrogen-bond donors (Lipinski definition) is 2. The molecule has 1 heterocycles. The average molecular weight is 300 g/mol. The van der Waals surface area contributed by atoms with Crippen LogP contribution in [-0.4, -0.2) is 24.0 Å². The molecule has 116 valence electrons. The van der Waals surface area contributed by atoms with Crippen molar-refractivity contribution < 1.29 is 9.30 Å². The summed E-state index contributed by atoms with van der Waals surface area (Å²) in [5.74, 6) is -0.0913. The van der Waals surface area contributed by atoms with Crippen LogP contribution in [0, 0.1) is 0 Å². The molecule has 2 aliphatic carbocycles. The van der Waals surface area contributed by atoms with Gasteiger partial charge in [0, 0.05) is 12.1 Å². The van der Waals surface area contributed by atoms with Crippen LogP contribution in [0.25, 0.3) is 0 Å². The van der Waals surface area contributed by atoms with E-state index in [1.165, 1.54) is 38.5 Å². The number of nitrogens with one attached hydrogen (secondary N) is 2. The van der Waals surface area contributed by atoms with Crippen molar-refractivity contribution in [2.75, 3.05) is 0 Å². The van der Waals surface area contributed by atoms with E-state index >= 15 is 0 Å². The number of rotatable bonds is 5. The summed E-state index contributed by atoms with van der Waals surface area (Å²) in [6.45, 7) is 2.03. The quantitative estimate of drug-likeness (QED) is 0.599. The van der Waals surface area contributed by atoms with E-state index in [1.807, 2.05) is 6.92 Å². The fourth-order valence-corrected chi connectivity index (χ4v) is 6.67. The number of ether oxygens (including phenoxy) is 1. The van der Waals surface area contributed by atoms with Gasteiger partial charge in [0.15, 0.2) is 5.85 Å². The zero-order valence-electron chi connectivity index (χ0n) is 12.6. The summed E-state index contributed by atoms with van der Waals surface area (Å²) in [6.07, 6.45) is 12.5. The Morgan fingerprint density at radius 2 is 1.25 bits per heavy atom. The van der Waals surface area contributed by atoms with Gasteiger partial charge >= 0.3 is 0 Å². The van der Waals surface area contributed by atoms with E-state index in [9.17, 15) is 4.57 Å². The Hall–Kier alpha value is 0.110. The third-order valence-electron chi connectivity index (χ3n) is 5.00. The Kier molecular flexibility index (Phi) is 4.86. The Morgan fingerprint density at radius 3 is 1.60 bits per heavy atom. The van der Waals surface area contributed by atoms with Gasteiger partial charge in [-0.15, -0.1) is 0 Å². The van der Waals surface area contributed by atoms with Gasteiger partial charge in [0.25, 0.3) is 0 Å². The monoisotopic (exact) mass is 300 g/mol. The SMILES string of the molecule is C[C@H]1O[C@H]1P(=O)(NC1CCCCC1)NC1CCCCC1. The van der Waals surface area contributed by atoms with Gasteiger partial charge in [-0.05, 0) is 32.6 Å². The molecule has 1 saturated heterocycles. The summed E-state index contributed by atoms with van der Waals surface area (Å²) in [4.78, 5) is 0. The maximum absolute atomic E-state index is 13.4. The molecule has 0 aromatic rings. The minimum Gasteiger partial charge on any atom is -0.359 e. The standard InChI is InChI=1S/C15H29N2O2P/c1-12-15(19-12)20(18,16-13-8-4-2-5-9-13)17-14-10-6-3-7-11-14/h12-15H,2-11H2,1H3,(H2,16,17,18)/t12-,15+/m1/s1. The molecule has 1 aliphatic heterocycles. The Morgan fingerprint density at radius 1 is 0.850 bits per heavy atom. The number of epoxide rings is 1. The van der Waals surface area contributed by atoms with Crippen molar-refractivity contribution in [3.05, 3.63) is 0 Å². The van der Waals surface area contributed by atoms with Crippen LogP contribution in [0.3, 0.4) is 0 Å². The van der Waals surface area contributed by atoms with E-state index in [0.717, 1.165) is 25.7 Å². The number of hydrogen-bond acceptors (Lipinski definition) is 2. The Labute approximate surface area is 122 Å². The second-order valence-electron chi connectivity index (χ2n) is 6.82. The van der Waals surface area contributed by atoms with Crippen LogP contribution >= 0.6 is 7.44 Å². The molecule has 3 aliphatic rings. The second-order valence-corrected chi connectivity index (χ2v) is 9.16. The fourth-order valence-electron chi connectivity index (χ4n) is 3.75. The van der Waals surface area contributed by atoms with E-state index in [4.69, 9.17) is 4.74 Å². The van der Waals surface area contributed by atoms with Gasteiger partial charge in [0.2, 0.25) is 7.44 Å². The molecule has 0 aromatic carbocycles. The molecule has 5 heteroatoms. The van der Waals surface area contributed by atoms with E-state index in [2.05, 4.69) is 10.2 Å². The van der Waals surface area contributed by atoms with Gasteiger partial charge in [0.05, 0.1) is 6.10 Å². The minimum atomic E-state index is -2.60. The molecule has 0 unspecified atom stereocenters. The van der Waals surface area contributed by atoms with Crippen molar-refractivity contribution in [2.24, 2.45) is 0 Å². The highest BCUT2D eigenvalue weighted by Gasteiger charge is 2.51. The van der Waals surface area contributed by atoms with Crippen LogP contribution in [0.2, 0.25) is 0 Å². The summed E-state index contributed by atoms with van der Waals surface area (Å²) in [6, 6.07) is 0.837. The summed E-state index contributed by atoms with van der Waals surface area (Å²) in [5.41, 5.74) is 0. The van der Waals surface area contributed by atoms with E-state index in [-0.39, 0.29) is 11.9 Å². The van der Waals surface area contributed by atoms with E-state index in [0.29, 0.717) is 12.1 Å². The lowest BCUT2D eigenvalue weighted by atomic mass is 9.96. The highest BCUT2D eigenvalue weighted by molar-refractivity contribution is 7.60. The molecule has 0 bridgehead atoms. The van der Waals surface area contributed by atoms with Crippen LogP contribution in [0.1, 0.15) is 71.1 Å². The van der Waals surface area contributed by atoms with Crippen molar-refractivity contribution in [1.29, 1.82) is 0 Å². The fraction of sp³-hybridized carbons (Fsp3) is 1.00. The molecular formula is C15H29N2O2P. The Bertz CT molecular complexity index is 341.